The molecule has 0 fully saturated rings. The third-order valence-electron chi connectivity index (χ3n) is 4.47. The highest BCUT2D eigenvalue weighted by molar-refractivity contribution is 6.04. The number of amides is 1. The first-order chi connectivity index (χ1) is 14.9. The van der Waals surface area contributed by atoms with E-state index in [4.69, 9.17) is 14.2 Å². The minimum absolute atomic E-state index is 0.233. The zero-order valence-corrected chi connectivity index (χ0v) is 17.8. The van der Waals surface area contributed by atoms with Crippen molar-refractivity contribution in [3.05, 3.63) is 83.4 Å². The number of hydrogen-bond donors (Lipinski definition) is 1. The van der Waals surface area contributed by atoms with Crippen molar-refractivity contribution < 1.29 is 23.8 Å². The molecule has 6 heteroatoms. The van der Waals surface area contributed by atoms with Crippen LogP contribution in [0.15, 0.2) is 66.7 Å². The Hall–Kier alpha value is -3.80. The molecule has 0 aliphatic carbocycles. The first-order valence-corrected chi connectivity index (χ1v) is 9.99. The summed E-state index contributed by atoms with van der Waals surface area (Å²) in [5, 5.41) is 2.89. The van der Waals surface area contributed by atoms with Gasteiger partial charge in [0.25, 0.3) is 5.91 Å². The topological polar surface area (TPSA) is 73.9 Å². The second kappa shape index (κ2) is 10.3. The van der Waals surface area contributed by atoms with Crippen LogP contribution >= 0.6 is 0 Å². The Kier molecular flexibility index (Phi) is 7.27. The van der Waals surface area contributed by atoms with Crippen LogP contribution in [0.3, 0.4) is 0 Å². The van der Waals surface area contributed by atoms with E-state index in [9.17, 15) is 9.59 Å². The highest BCUT2D eigenvalue weighted by atomic mass is 16.6. The lowest BCUT2D eigenvalue weighted by Crippen LogP contribution is -2.18. The average Bonchev–Trinajstić information content (AvgIpc) is 2.76. The van der Waals surface area contributed by atoms with Crippen molar-refractivity contribution in [3.8, 4) is 17.2 Å². The van der Waals surface area contributed by atoms with Gasteiger partial charge in [0.1, 0.15) is 17.2 Å². The minimum atomic E-state index is -0.540. The Morgan fingerprint density at radius 3 is 2.03 bits per heavy atom. The number of nitrogens with one attached hydrogen (secondary N) is 1. The van der Waals surface area contributed by atoms with E-state index in [2.05, 4.69) is 5.32 Å². The van der Waals surface area contributed by atoms with Gasteiger partial charge >= 0.3 is 5.97 Å². The van der Waals surface area contributed by atoms with Gasteiger partial charge in [-0.25, -0.2) is 4.79 Å². The van der Waals surface area contributed by atoms with Crippen LogP contribution < -0.4 is 19.5 Å². The number of esters is 1. The van der Waals surface area contributed by atoms with Crippen LogP contribution in [0.5, 0.6) is 17.2 Å². The molecule has 3 aromatic rings. The fraction of sp³-hybridized carbons (Fsp3) is 0.200. The molecule has 1 N–H and O–H groups in total. The Labute approximate surface area is 181 Å². The third-order valence-corrected chi connectivity index (χ3v) is 4.47. The van der Waals surface area contributed by atoms with Crippen molar-refractivity contribution in [2.45, 2.75) is 20.8 Å². The van der Waals surface area contributed by atoms with E-state index in [1.165, 1.54) is 0 Å². The molecule has 3 aromatic carbocycles. The molecule has 0 unspecified atom stereocenters. The molecule has 160 valence electrons. The summed E-state index contributed by atoms with van der Waals surface area (Å²) in [5.74, 6) is 0.839. The summed E-state index contributed by atoms with van der Waals surface area (Å²) in [7, 11) is 0. The third kappa shape index (κ3) is 6.34. The van der Waals surface area contributed by atoms with Gasteiger partial charge in [-0.2, -0.15) is 0 Å². The van der Waals surface area contributed by atoms with E-state index in [-0.39, 0.29) is 12.5 Å². The number of ether oxygens (including phenoxy) is 3. The molecule has 31 heavy (non-hydrogen) atoms. The molecule has 0 aliphatic heterocycles. The molecule has 0 radical (unpaired) electrons. The molecular weight excluding hydrogens is 394 g/mol. The summed E-state index contributed by atoms with van der Waals surface area (Å²) in [5.41, 5.74) is 3.35. The van der Waals surface area contributed by atoms with Gasteiger partial charge < -0.3 is 19.5 Å². The van der Waals surface area contributed by atoms with E-state index in [0.717, 1.165) is 22.6 Å². The van der Waals surface area contributed by atoms with Crippen LogP contribution in [-0.2, 0) is 4.79 Å². The van der Waals surface area contributed by atoms with Crippen molar-refractivity contribution in [2.24, 2.45) is 0 Å². The molecule has 0 heterocycles. The molecule has 0 bridgehead atoms. The second-order valence-electron chi connectivity index (χ2n) is 6.96. The molecule has 6 nitrogen and oxygen atoms in total. The summed E-state index contributed by atoms with van der Waals surface area (Å²) < 4.78 is 16.1. The normalized spacial score (nSPS) is 10.3. The van der Waals surface area contributed by atoms with Crippen molar-refractivity contribution in [3.63, 3.8) is 0 Å². The van der Waals surface area contributed by atoms with E-state index >= 15 is 0 Å². The van der Waals surface area contributed by atoms with Gasteiger partial charge in [0.05, 0.1) is 6.61 Å². The van der Waals surface area contributed by atoms with E-state index in [0.29, 0.717) is 23.7 Å². The van der Waals surface area contributed by atoms with Gasteiger partial charge in [-0.3, -0.25) is 4.79 Å². The number of carbonyl (C=O) groups is 2. The van der Waals surface area contributed by atoms with E-state index < -0.39 is 5.97 Å². The van der Waals surface area contributed by atoms with Gasteiger partial charge in [-0.1, -0.05) is 17.7 Å². The molecule has 0 saturated heterocycles. The number of carbonyl (C=O) groups excluding carboxylic acids is 2. The SMILES string of the molecule is CCOc1ccc(OCC(=O)Oc2ccc(C(=O)Nc3ccc(C)cc3C)cc2)cc1. The monoisotopic (exact) mass is 419 g/mol. The van der Waals surface area contributed by atoms with Crippen LogP contribution in [-0.4, -0.2) is 25.1 Å². The second-order valence-corrected chi connectivity index (χ2v) is 6.96. The highest BCUT2D eigenvalue weighted by Crippen LogP contribution is 2.19. The average molecular weight is 419 g/mol. The largest absolute Gasteiger partial charge is 0.494 e. The van der Waals surface area contributed by atoms with Crippen LogP contribution in [0.2, 0.25) is 0 Å². The van der Waals surface area contributed by atoms with E-state index in [1.54, 1.807) is 48.5 Å². The summed E-state index contributed by atoms with van der Waals surface area (Å²) in [6.07, 6.45) is 0. The summed E-state index contributed by atoms with van der Waals surface area (Å²) in [6, 6.07) is 19.2. The Morgan fingerprint density at radius 2 is 1.42 bits per heavy atom. The van der Waals surface area contributed by atoms with Crippen molar-refractivity contribution in [2.75, 3.05) is 18.5 Å². The van der Waals surface area contributed by atoms with Crippen molar-refractivity contribution in [1.29, 1.82) is 0 Å². The zero-order valence-electron chi connectivity index (χ0n) is 17.8. The van der Waals surface area contributed by atoms with Gasteiger partial charge in [0.15, 0.2) is 6.61 Å². The van der Waals surface area contributed by atoms with Crippen LogP contribution in [0.1, 0.15) is 28.4 Å². The maximum absolute atomic E-state index is 12.5. The quantitative estimate of drug-likeness (QED) is 0.414. The molecule has 3 rings (SSSR count). The first kappa shape index (κ1) is 21.9. The maximum atomic E-state index is 12.5. The number of rotatable bonds is 8. The molecular formula is C25H25NO5. The van der Waals surface area contributed by atoms with Crippen molar-refractivity contribution >= 4 is 17.6 Å². The lowest BCUT2D eigenvalue weighted by Gasteiger charge is -2.10. The molecule has 0 atom stereocenters. The van der Waals surface area contributed by atoms with E-state index in [1.807, 2.05) is 39.0 Å². The molecule has 0 saturated carbocycles. The highest BCUT2D eigenvalue weighted by Gasteiger charge is 2.10. The smallest absolute Gasteiger partial charge is 0.349 e. The number of benzene rings is 3. The van der Waals surface area contributed by atoms with Crippen LogP contribution in [0.25, 0.3) is 0 Å². The summed E-state index contributed by atoms with van der Waals surface area (Å²) in [6.45, 7) is 6.20. The van der Waals surface area contributed by atoms with Gasteiger partial charge in [-0.05, 0) is 80.9 Å². The van der Waals surface area contributed by atoms with Crippen LogP contribution in [0.4, 0.5) is 5.69 Å². The summed E-state index contributed by atoms with van der Waals surface area (Å²) >= 11 is 0. The Balaban J connectivity index is 1.51. The van der Waals surface area contributed by atoms with Gasteiger partial charge in [0.2, 0.25) is 0 Å². The summed E-state index contributed by atoms with van der Waals surface area (Å²) in [4.78, 5) is 24.5. The molecule has 0 aromatic heterocycles. The number of anilines is 1. The Morgan fingerprint density at radius 1 is 0.806 bits per heavy atom. The molecule has 0 spiro atoms. The maximum Gasteiger partial charge on any atom is 0.349 e. The minimum Gasteiger partial charge on any atom is -0.494 e. The van der Waals surface area contributed by atoms with Gasteiger partial charge in [-0.15, -0.1) is 0 Å². The standard InChI is InChI=1S/C25H25NO5/c1-4-29-20-10-12-21(13-11-20)30-16-24(27)31-22-8-6-19(7-9-22)25(28)26-23-14-5-17(2)15-18(23)3/h5-15H,4,16H2,1-3H3,(H,26,28). The lowest BCUT2D eigenvalue weighted by atomic mass is 10.1. The predicted molar refractivity (Wildman–Crippen MR) is 119 cm³/mol. The fourth-order valence-electron chi connectivity index (χ4n) is 2.92. The molecule has 0 aliphatic rings. The molecule has 1 amide bonds. The van der Waals surface area contributed by atoms with Crippen LogP contribution in [0, 0.1) is 13.8 Å². The zero-order chi connectivity index (χ0) is 22.2. The number of aryl methyl sites for hydroxylation is 2. The fourth-order valence-corrected chi connectivity index (χ4v) is 2.92. The van der Waals surface area contributed by atoms with Gasteiger partial charge in [0, 0.05) is 11.3 Å². The van der Waals surface area contributed by atoms with Crippen molar-refractivity contribution in [1.82, 2.24) is 0 Å². The first-order valence-electron chi connectivity index (χ1n) is 9.99. The lowest BCUT2D eigenvalue weighted by molar-refractivity contribution is -0.136. The Bertz CT molecular complexity index is 1040. The number of hydrogen-bond acceptors (Lipinski definition) is 5. The predicted octanol–water partition coefficient (Wildman–Crippen LogP) is 4.94.